The van der Waals surface area contributed by atoms with E-state index < -0.39 is 28.0 Å². The van der Waals surface area contributed by atoms with Crippen molar-refractivity contribution in [3.05, 3.63) is 65.2 Å². The van der Waals surface area contributed by atoms with Gasteiger partial charge in [0.2, 0.25) is 0 Å². The van der Waals surface area contributed by atoms with E-state index in [2.05, 4.69) is 0 Å². The second-order valence-electron chi connectivity index (χ2n) is 6.82. The maximum absolute atomic E-state index is 12.4. The third-order valence-electron chi connectivity index (χ3n) is 4.49. The number of hydrogen-bond donors (Lipinski definition) is 3. The molecule has 0 saturated heterocycles. The Labute approximate surface area is 163 Å². The van der Waals surface area contributed by atoms with Crippen LogP contribution < -0.4 is 5.73 Å². The SMILES string of the molecule is Cc1ccc(CC(CC(=O)C(N)Cc2ccc(S(=O)(=O)O)cc2)C(=O)O)cc1. The van der Waals surface area contributed by atoms with Gasteiger partial charge in [-0.2, -0.15) is 8.42 Å². The zero-order chi connectivity index (χ0) is 20.9. The molecule has 0 fully saturated rings. The number of rotatable bonds is 9. The largest absolute Gasteiger partial charge is 0.481 e. The van der Waals surface area contributed by atoms with Crippen LogP contribution in [0.3, 0.4) is 0 Å². The van der Waals surface area contributed by atoms with Crippen molar-refractivity contribution in [3.63, 3.8) is 0 Å². The summed E-state index contributed by atoms with van der Waals surface area (Å²) in [5.41, 5.74) is 8.43. The highest BCUT2D eigenvalue weighted by atomic mass is 32.2. The second-order valence-corrected chi connectivity index (χ2v) is 8.25. The molecule has 2 atom stereocenters. The summed E-state index contributed by atoms with van der Waals surface area (Å²) in [6, 6.07) is 11.9. The van der Waals surface area contributed by atoms with Crippen molar-refractivity contribution in [2.24, 2.45) is 11.7 Å². The molecule has 0 amide bonds. The number of ketones is 1. The van der Waals surface area contributed by atoms with Gasteiger partial charge in [0.15, 0.2) is 5.78 Å². The molecule has 0 aliphatic rings. The first-order chi connectivity index (χ1) is 13.1. The van der Waals surface area contributed by atoms with Gasteiger partial charge in [-0.1, -0.05) is 42.0 Å². The minimum Gasteiger partial charge on any atom is -0.481 e. The topological polar surface area (TPSA) is 135 Å². The van der Waals surface area contributed by atoms with E-state index in [1.54, 1.807) is 0 Å². The molecule has 2 aromatic rings. The van der Waals surface area contributed by atoms with Gasteiger partial charge in [-0.25, -0.2) is 0 Å². The Morgan fingerprint density at radius 2 is 1.46 bits per heavy atom. The molecule has 0 heterocycles. The Morgan fingerprint density at radius 1 is 0.964 bits per heavy atom. The summed E-state index contributed by atoms with van der Waals surface area (Å²) in [6.07, 6.45) is 0.187. The van der Waals surface area contributed by atoms with E-state index in [9.17, 15) is 23.1 Å². The molecule has 0 radical (unpaired) electrons. The Hall–Kier alpha value is -2.55. The average Bonchev–Trinajstić information content (AvgIpc) is 2.62. The van der Waals surface area contributed by atoms with Crippen LogP contribution in [0.5, 0.6) is 0 Å². The molecule has 0 bridgehead atoms. The van der Waals surface area contributed by atoms with E-state index in [-0.39, 0.29) is 29.9 Å². The van der Waals surface area contributed by atoms with E-state index in [1.807, 2.05) is 31.2 Å². The Kier molecular flexibility index (Phi) is 7.06. The first-order valence-electron chi connectivity index (χ1n) is 8.69. The van der Waals surface area contributed by atoms with Crippen molar-refractivity contribution in [1.29, 1.82) is 0 Å². The fraction of sp³-hybridized carbons (Fsp3) is 0.300. The minimum atomic E-state index is -4.29. The summed E-state index contributed by atoms with van der Waals surface area (Å²) in [5, 5.41) is 9.44. The van der Waals surface area contributed by atoms with Crippen molar-refractivity contribution in [1.82, 2.24) is 0 Å². The van der Waals surface area contributed by atoms with Crippen LogP contribution in [-0.2, 0) is 32.5 Å². The molecule has 7 nitrogen and oxygen atoms in total. The van der Waals surface area contributed by atoms with Gasteiger partial charge in [-0.3, -0.25) is 14.1 Å². The summed E-state index contributed by atoms with van der Waals surface area (Å²) < 4.78 is 31.1. The van der Waals surface area contributed by atoms with Gasteiger partial charge in [0.05, 0.1) is 16.9 Å². The van der Waals surface area contributed by atoms with Crippen LogP contribution >= 0.6 is 0 Å². The highest BCUT2D eigenvalue weighted by molar-refractivity contribution is 7.85. The number of Topliss-reactive ketones (excluding diaryl/α,β-unsaturated/α-hetero) is 1. The third-order valence-corrected chi connectivity index (χ3v) is 5.36. The van der Waals surface area contributed by atoms with Crippen LogP contribution in [0.25, 0.3) is 0 Å². The standard InChI is InChI=1S/C20H23NO6S/c1-13-2-4-14(5-3-13)10-16(20(23)24)12-19(22)18(21)11-15-6-8-17(9-7-15)28(25,26)27/h2-9,16,18H,10-12,21H2,1H3,(H,23,24)(H,25,26,27). The highest BCUT2D eigenvalue weighted by Gasteiger charge is 2.25. The van der Waals surface area contributed by atoms with Crippen molar-refractivity contribution in [2.75, 3.05) is 0 Å². The molecule has 2 aromatic carbocycles. The zero-order valence-corrected chi connectivity index (χ0v) is 16.2. The van der Waals surface area contributed by atoms with Gasteiger partial charge in [0.1, 0.15) is 0 Å². The number of nitrogens with two attached hydrogens (primary N) is 1. The first kappa shape index (κ1) is 21.7. The number of benzene rings is 2. The van der Waals surface area contributed by atoms with Crippen LogP contribution in [0.4, 0.5) is 0 Å². The average molecular weight is 405 g/mol. The fourth-order valence-corrected chi connectivity index (χ4v) is 3.29. The van der Waals surface area contributed by atoms with E-state index in [4.69, 9.17) is 10.3 Å². The van der Waals surface area contributed by atoms with E-state index in [1.165, 1.54) is 24.3 Å². The summed E-state index contributed by atoms with van der Waals surface area (Å²) in [7, 11) is -4.29. The van der Waals surface area contributed by atoms with Gasteiger partial charge >= 0.3 is 5.97 Å². The third kappa shape index (κ3) is 6.26. The van der Waals surface area contributed by atoms with E-state index in [0.29, 0.717) is 5.56 Å². The number of carboxylic acid groups (broad SMARTS) is 1. The molecular formula is C20H23NO6S. The van der Waals surface area contributed by atoms with E-state index >= 15 is 0 Å². The lowest BCUT2D eigenvalue weighted by Gasteiger charge is -2.16. The number of carbonyl (C=O) groups excluding carboxylic acids is 1. The molecular weight excluding hydrogens is 382 g/mol. The molecule has 0 aliphatic carbocycles. The number of carboxylic acids is 1. The van der Waals surface area contributed by atoms with Crippen LogP contribution in [0.2, 0.25) is 0 Å². The quantitative estimate of drug-likeness (QED) is 0.543. The maximum atomic E-state index is 12.4. The van der Waals surface area contributed by atoms with Gasteiger partial charge in [0, 0.05) is 6.42 Å². The van der Waals surface area contributed by atoms with Gasteiger partial charge in [-0.05, 0) is 43.0 Å². The number of aryl methyl sites for hydroxylation is 1. The van der Waals surface area contributed by atoms with Crippen LogP contribution in [-0.4, -0.2) is 35.9 Å². The molecule has 150 valence electrons. The summed E-state index contributed by atoms with van der Waals surface area (Å²) >= 11 is 0. The predicted molar refractivity (Wildman–Crippen MR) is 104 cm³/mol. The van der Waals surface area contributed by atoms with Crippen LogP contribution in [0.15, 0.2) is 53.4 Å². The monoisotopic (exact) mass is 405 g/mol. The molecule has 0 spiro atoms. The van der Waals surface area contributed by atoms with Gasteiger partial charge in [0.25, 0.3) is 10.1 Å². The zero-order valence-electron chi connectivity index (χ0n) is 15.4. The predicted octanol–water partition coefficient (Wildman–Crippen LogP) is 2.01. The molecule has 2 rings (SSSR count). The molecule has 0 aromatic heterocycles. The van der Waals surface area contributed by atoms with Crippen molar-refractivity contribution in [3.8, 4) is 0 Å². The van der Waals surface area contributed by atoms with Gasteiger partial charge < -0.3 is 10.8 Å². The summed E-state index contributed by atoms with van der Waals surface area (Å²) in [6.45, 7) is 1.93. The highest BCUT2D eigenvalue weighted by Crippen LogP contribution is 2.17. The Balaban J connectivity index is 2.00. The summed E-state index contributed by atoms with van der Waals surface area (Å²) in [4.78, 5) is 23.7. The molecule has 2 unspecified atom stereocenters. The number of carbonyl (C=O) groups is 2. The summed E-state index contributed by atoms with van der Waals surface area (Å²) in [5.74, 6) is -2.31. The number of aliphatic carboxylic acids is 1. The second kappa shape index (κ2) is 9.09. The van der Waals surface area contributed by atoms with E-state index in [0.717, 1.165) is 11.1 Å². The van der Waals surface area contributed by atoms with Crippen molar-refractivity contribution < 1.29 is 27.7 Å². The van der Waals surface area contributed by atoms with Gasteiger partial charge in [-0.15, -0.1) is 0 Å². The van der Waals surface area contributed by atoms with Crippen LogP contribution in [0.1, 0.15) is 23.1 Å². The smallest absolute Gasteiger partial charge is 0.307 e. The lowest BCUT2D eigenvalue weighted by molar-refractivity contribution is -0.143. The maximum Gasteiger partial charge on any atom is 0.307 e. The molecule has 8 heteroatoms. The Morgan fingerprint density at radius 3 is 1.96 bits per heavy atom. The molecule has 28 heavy (non-hydrogen) atoms. The molecule has 0 saturated carbocycles. The first-order valence-corrected chi connectivity index (χ1v) is 10.1. The minimum absolute atomic E-state index is 0.140. The lowest BCUT2D eigenvalue weighted by atomic mass is 9.90. The van der Waals surface area contributed by atoms with Crippen molar-refractivity contribution in [2.45, 2.75) is 37.1 Å². The number of hydrogen-bond acceptors (Lipinski definition) is 5. The molecule has 4 N–H and O–H groups in total. The normalized spacial score (nSPS) is 13.7. The Bertz CT molecular complexity index is 936. The van der Waals surface area contributed by atoms with Crippen LogP contribution in [0, 0.1) is 12.8 Å². The van der Waals surface area contributed by atoms with Crippen molar-refractivity contribution >= 4 is 21.9 Å². The fourth-order valence-electron chi connectivity index (χ4n) is 2.81. The lowest BCUT2D eigenvalue weighted by Crippen LogP contribution is -2.35. The molecule has 0 aliphatic heterocycles.